The fourth-order valence-electron chi connectivity index (χ4n) is 1.49. The summed E-state index contributed by atoms with van der Waals surface area (Å²) in [6.07, 6.45) is 4.28. The van der Waals surface area contributed by atoms with Crippen molar-refractivity contribution < 1.29 is 5.21 Å². The van der Waals surface area contributed by atoms with E-state index in [2.05, 4.69) is 22.5 Å². The van der Waals surface area contributed by atoms with Gasteiger partial charge in [-0.25, -0.2) is 0 Å². The highest BCUT2D eigenvalue weighted by Crippen LogP contribution is 2.13. The van der Waals surface area contributed by atoms with Gasteiger partial charge in [0.05, 0.1) is 11.4 Å². The summed E-state index contributed by atoms with van der Waals surface area (Å²) in [5, 5.41) is 18.9. The number of rotatable bonds is 6. The number of aryl methyl sites for hydroxylation is 2. The largest absolute Gasteiger partial charge is 0.409 e. The summed E-state index contributed by atoms with van der Waals surface area (Å²) in [4.78, 5) is 0. The van der Waals surface area contributed by atoms with E-state index >= 15 is 0 Å². The van der Waals surface area contributed by atoms with Crippen molar-refractivity contribution in [2.75, 3.05) is 11.9 Å². The third-order valence-electron chi connectivity index (χ3n) is 2.29. The van der Waals surface area contributed by atoms with Gasteiger partial charge in [0.15, 0.2) is 0 Å². The molecule has 4 N–H and O–H groups in total. The molecular weight excluding hydrogens is 206 g/mol. The third-order valence-corrected chi connectivity index (χ3v) is 2.29. The van der Waals surface area contributed by atoms with Gasteiger partial charge in [0, 0.05) is 26.2 Å². The smallest absolute Gasteiger partial charge is 0.139 e. The maximum Gasteiger partial charge on any atom is 0.139 e. The predicted octanol–water partition coefficient (Wildman–Crippen LogP) is 0.921. The molecule has 0 aromatic carbocycles. The molecule has 0 aliphatic heterocycles. The van der Waals surface area contributed by atoms with Crippen LogP contribution in [0.4, 0.5) is 5.69 Å². The molecule has 16 heavy (non-hydrogen) atoms. The lowest BCUT2D eigenvalue weighted by molar-refractivity contribution is 0.316. The summed E-state index contributed by atoms with van der Waals surface area (Å²) in [6, 6.07) is 0. The summed E-state index contributed by atoms with van der Waals surface area (Å²) < 4.78 is 1.80. The summed E-state index contributed by atoms with van der Waals surface area (Å²) in [6.45, 7) is 2.86. The number of nitrogens with two attached hydrogens (primary N) is 1. The number of anilines is 1. The molecule has 0 aliphatic rings. The molecule has 0 fully saturated rings. The molecule has 90 valence electrons. The first-order valence-corrected chi connectivity index (χ1v) is 5.40. The molecule has 0 saturated carbocycles. The van der Waals surface area contributed by atoms with Crippen molar-refractivity contribution in [1.29, 1.82) is 0 Å². The zero-order chi connectivity index (χ0) is 12.0. The van der Waals surface area contributed by atoms with E-state index in [-0.39, 0.29) is 5.84 Å². The number of nitrogens with zero attached hydrogens (tertiary/aromatic N) is 3. The minimum atomic E-state index is 0.267. The molecule has 0 atom stereocenters. The standard InChI is InChI=1S/C10H19N5O/c1-3-8-9(7-15(2)13-8)12-6-4-5-10(11)14-16/h7,12,16H,3-6H2,1-2H3,(H2,11,14). The highest BCUT2D eigenvalue weighted by molar-refractivity contribution is 5.79. The van der Waals surface area contributed by atoms with Crippen LogP contribution in [0.25, 0.3) is 0 Å². The van der Waals surface area contributed by atoms with E-state index in [4.69, 9.17) is 10.9 Å². The average molecular weight is 225 g/mol. The number of aromatic nitrogens is 2. The molecular formula is C10H19N5O. The van der Waals surface area contributed by atoms with Gasteiger partial charge in [-0.1, -0.05) is 12.1 Å². The SMILES string of the molecule is CCc1nn(C)cc1NCCC/C(N)=N/O. The van der Waals surface area contributed by atoms with E-state index in [9.17, 15) is 0 Å². The minimum Gasteiger partial charge on any atom is -0.409 e. The Bertz CT molecular complexity index is 358. The molecule has 1 rings (SSSR count). The molecule has 1 aromatic rings. The molecule has 0 aliphatic carbocycles. The first-order chi connectivity index (χ1) is 7.67. The lowest BCUT2D eigenvalue weighted by Crippen LogP contribution is -2.13. The molecule has 0 spiro atoms. The molecule has 0 radical (unpaired) electrons. The molecule has 0 saturated heterocycles. The van der Waals surface area contributed by atoms with E-state index < -0.39 is 0 Å². The fraction of sp³-hybridized carbons (Fsp3) is 0.600. The van der Waals surface area contributed by atoms with Crippen molar-refractivity contribution in [3.05, 3.63) is 11.9 Å². The Labute approximate surface area is 95.1 Å². The maximum atomic E-state index is 8.37. The Morgan fingerprint density at radius 3 is 3.06 bits per heavy atom. The Morgan fingerprint density at radius 2 is 2.44 bits per heavy atom. The molecule has 6 heteroatoms. The van der Waals surface area contributed by atoms with Gasteiger partial charge in [-0.2, -0.15) is 5.10 Å². The predicted molar refractivity (Wildman–Crippen MR) is 63.7 cm³/mol. The van der Waals surface area contributed by atoms with Crippen molar-refractivity contribution in [2.24, 2.45) is 17.9 Å². The van der Waals surface area contributed by atoms with Crippen LogP contribution < -0.4 is 11.1 Å². The van der Waals surface area contributed by atoms with Crippen molar-refractivity contribution in [3.63, 3.8) is 0 Å². The van der Waals surface area contributed by atoms with E-state index in [1.807, 2.05) is 13.2 Å². The van der Waals surface area contributed by atoms with Gasteiger partial charge in [-0.15, -0.1) is 0 Å². The van der Waals surface area contributed by atoms with Crippen LogP contribution >= 0.6 is 0 Å². The second-order valence-electron chi connectivity index (χ2n) is 3.64. The Morgan fingerprint density at radius 1 is 1.69 bits per heavy atom. The van der Waals surface area contributed by atoms with Crippen LogP contribution in [0.2, 0.25) is 0 Å². The number of hydrogen-bond donors (Lipinski definition) is 3. The zero-order valence-electron chi connectivity index (χ0n) is 9.77. The quantitative estimate of drug-likeness (QED) is 0.221. The van der Waals surface area contributed by atoms with Crippen molar-refractivity contribution >= 4 is 11.5 Å². The van der Waals surface area contributed by atoms with E-state index in [0.717, 1.165) is 30.8 Å². The molecule has 6 nitrogen and oxygen atoms in total. The van der Waals surface area contributed by atoms with E-state index in [0.29, 0.717) is 6.42 Å². The van der Waals surface area contributed by atoms with Crippen molar-refractivity contribution in [3.8, 4) is 0 Å². The van der Waals surface area contributed by atoms with Gasteiger partial charge in [0.25, 0.3) is 0 Å². The van der Waals surface area contributed by atoms with E-state index in [1.165, 1.54) is 0 Å². The second-order valence-corrected chi connectivity index (χ2v) is 3.64. The Kier molecular flexibility index (Phi) is 4.63. The lowest BCUT2D eigenvalue weighted by Gasteiger charge is -2.04. The molecule has 1 heterocycles. The Hall–Kier alpha value is -1.72. The van der Waals surface area contributed by atoms with Crippen LogP contribution in [0.15, 0.2) is 11.4 Å². The molecule has 0 unspecified atom stereocenters. The van der Waals surface area contributed by atoms with Gasteiger partial charge >= 0.3 is 0 Å². The van der Waals surface area contributed by atoms with E-state index in [1.54, 1.807) is 4.68 Å². The summed E-state index contributed by atoms with van der Waals surface area (Å²) >= 11 is 0. The highest BCUT2D eigenvalue weighted by Gasteiger charge is 2.04. The number of nitrogens with one attached hydrogen (secondary N) is 1. The zero-order valence-corrected chi connectivity index (χ0v) is 9.77. The first-order valence-electron chi connectivity index (χ1n) is 5.40. The summed E-state index contributed by atoms with van der Waals surface area (Å²) in [5.74, 6) is 0.267. The van der Waals surface area contributed by atoms with Crippen LogP contribution in [-0.4, -0.2) is 27.4 Å². The molecule has 1 aromatic heterocycles. The number of amidine groups is 1. The maximum absolute atomic E-state index is 8.37. The minimum absolute atomic E-state index is 0.267. The van der Waals surface area contributed by atoms with Crippen LogP contribution in [0, 0.1) is 0 Å². The third kappa shape index (κ3) is 3.45. The topological polar surface area (TPSA) is 88.5 Å². The van der Waals surface area contributed by atoms with Crippen molar-refractivity contribution in [1.82, 2.24) is 9.78 Å². The average Bonchev–Trinajstić information content (AvgIpc) is 2.64. The van der Waals surface area contributed by atoms with Gasteiger partial charge in [0.1, 0.15) is 5.84 Å². The van der Waals surface area contributed by atoms with Gasteiger partial charge < -0.3 is 16.3 Å². The summed E-state index contributed by atoms with van der Waals surface area (Å²) in [5.41, 5.74) is 7.49. The number of oxime groups is 1. The molecule has 0 bridgehead atoms. The van der Waals surface area contributed by atoms with Gasteiger partial charge in [-0.05, 0) is 12.8 Å². The lowest BCUT2D eigenvalue weighted by atomic mass is 10.2. The van der Waals surface area contributed by atoms with Crippen LogP contribution in [-0.2, 0) is 13.5 Å². The van der Waals surface area contributed by atoms with Crippen LogP contribution in [0.5, 0.6) is 0 Å². The first kappa shape index (κ1) is 12.4. The van der Waals surface area contributed by atoms with Crippen LogP contribution in [0.1, 0.15) is 25.5 Å². The van der Waals surface area contributed by atoms with Gasteiger partial charge in [0.2, 0.25) is 0 Å². The monoisotopic (exact) mass is 225 g/mol. The normalized spacial score (nSPS) is 11.8. The second kappa shape index (κ2) is 5.99. The highest BCUT2D eigenvalue weighted by atomic mass is 16.4. The van der Waals surface area contributed by atoms with Gasteiger partial charge in [-0.3, -0.25) is 4.68 Å². The fourth-order valence-corrected chi connectivity index (χ4v) is 1.49. The van der Waals surface area contributed by atoms with Crippen LogP contribution in [0.3, 0.4) is 0 Å². The molecule has 0 amide bonds. The summed E-state index contributed by atoms with van der Waals surface area (Å²) in [7, 11) is 1.90. The number of hydrogen-bond acceptors (Lipinski definition) is 4. The Balaban J connectivity index is 2.36. The van der Waals surface area contributed by atoms with Crippen molar-refractivity contribution in [2.45, 2.75) is 26.2 Å².